The molecule has 0 fully saturated rings. The summed E-state index contributed by atoms with van der Waals surface area (Å²) in [5.41, 5.74) is 17.0. The quantitative estimate of drug-likeness (QED) is 0.226. The number of hydrazone groups is 1. The number of hydrogen-bond donors (Lipinski definition) is 3. The molecule has 1 aromatic carbocycles. The fourth-order valence-corrected chi connectivity index (χ4v) is 1.63. The van der Waals surface area contributed by atoms with Gasteiger partial charge in [0, 0.05) is 11.9 Å². The van der Waals surface area contributed by atoms with Gasteiger partial charge in [-0.25, -0.2) is 0 Å². The average molecular weight is 434 g/mol. The molecule has 0 aliphatic heterocycles. The summed E-state index contributed by atoms with van der Waals surface area (Å²) in [6.07, 6.45) is 3.26. The van der Waals surface area contributed by atoms with Gasteiger partial charge in [0.25, 0.3) is 0 Å². The molecule has 5 N–H and O–H groups in total. The first-order valence-corrected chi connectivity index (χ1v) is 10.9. The van der Waals surface area contributed by atoms with Crippen LogP contribution in [0.3, 0.4) is 0 Å². The van der Waals surface area contributed by atoms with Crippen molar-refractivity contribution >= 4 is 59.5 Å². The van der Waals surface area contributed by atoms with Crippen LogP contribution in [-0.4, -0.2) is 16.3 Å². The van der Waals surface area contributed by atoms with E-state index < -0.39 is 11.2 Å². The number of hydrogen-bond acceptors (Lipinski definition) is 4. The molecule has 0 aliphatic rings. The molecule has 10 heteroatoms. The standard InChI is InChI=1S/C13H13N5S.3ClH.Fe/c14-11-3-1-2-9(6-11)10-4-5-16-12(7-10)8-17-18-13(15)19;;;;/h1-8H,14H2,(H3,15,18,19);3*1H;/q;;;;+3/p-3. The van der Waals surface area contributed by atoms with E-state index in [1.54, 1.807) is 12.4 Å². The Balaban J connectivity index is 0.000000593. The van der Waals surface area contributed by atoms with E-state index in [0.717, 1.165) is 16.8 Å². The molecule has 2 aromatic rings. The molecule has 125 valence electrons. The summed E-state index contributed by atoms with van der Waals surface area (Å²) >= 11 is 3.31. The van der Waals surface area contributed by atoms with E-state index in [9.17, 15) is 0 Å². The monoisotopic (exact) mass is 432 g/mol. The van der Waals surface area contributed by atoms with Crippen LogP contribution in [0.5, 0.6) is 0 Å². The van der Waals surface area contributed by atoms with Crippen LogP contribution in [-0.2, 0) is 11.2 Å². The van der Waals surface area contributed by atoms with Crippen LogP contribution in [0.1, 0.15) is 5.69 Å². The first-order valence-electron chi connectivity index (χ1n) is 5.96. The molecule has 1 aromatic heterocycles. The van der Waals surface area contributed by atoms with Crippen molar-refractivity contribution in [3.63, 3.8) is 0 Å². The summed E-state index contributed by atoms with van der Waals surface area (Å²) in [5.74, 6) is 0. The Labute approximate surface area is 156 Å². The van der Waals surface area contributed by atoms with Crippen LogP contribution in [0, 0.1) is 0 Å². The molecule has 23 heavy (non-hydrogen) atoms. The molecule has 0 bridgehead atoms. The Kier molecular flexibility index (Phi) is 9.24. The van der Waals surface area contributed by atoms with E-state index in [1.807, 2.05) is 36.4 Å². The van der Waals surface area contributed by atoms with Gasteiger partial charge in [0.15, 0.2) is 5.11 Å². The third-order valence-electron chi connectivity index (χ3n) is 2.37. The molecule has 2 rings (SSSR count). The van der Waals surface area contributed by atoms with Crippen LogP contribution in [0.4, 0.5) is 5.69 Å². The van der Waals surface area contributed by atoms with Crippen molar-refractivity contribution in [2.45, 2.75) is 0 Å². The Hall–Kier alpha value is -1.08. The number of nitrogens with one attached hydrogen (secondary N) is 1. The van der Waals surface area contributed by atoms with E-state index in [2.05, 4.69) is 27.7 Å². The molecular weight excluding hydrogens is 420 g/mol. The van der Waals surface area contributed by atoms with Crippen molar-refractivity contribution in [3.8, 4) is 11.1 Å². The number of nitrogens with two attached hydrogens (primary N) is 2. The summed E-state index contributed by atoms with van der Waals surface area (Å²) in [7, 11) is 14.7. The number of anilines is 1. The Morgan fingerprint density at radius 2 is 1.87 bits per heavy atom. The maximum absolute atomic E-state index is 5.77. The number of halogens is 3. The van der Waals surface area contributed by atoms with Crippen LogP contribution < -0.4 is 16.9 Å². The summed E-state index contributed by atoms with van der Waals surface area (Å²) in [4.78, 5) is 4.18. The summed E-state index contributed by atoms with van der Waals surface area (Å²) in [6.45, 7) is 0. The number of nitrogens with zero attached hydrogens (tertiary/aromatic N) is 2. The molecule has 0 atom stereocenters. The molecule has 0 amide bonds. The average Bonchev–Trinajstić information content (AvgIpc) is 2.46. The van der Waals surface area contributed by atoms with Crippen molar-refractivity contribution in [3.05, 3.63) is 48.3 Å². The third-order valence-corrected chi connectivity index (χ3v) is 2.46. The number of nitrogen functional groups attached to an aromatic ring is 1. The van der Waals surface area contributed by atoms with Gasteiger partial charge < -0.3 is 11.5 Å². The van der Waals surface area contributed by atoms with E-state index >= 15 is 0 Å². The fraction of sp³-hybridized carbons (Fsp3) is 0. The topological polar surface area (TPSA) is 89.3 Å². The van der Waals surface area contributed by atoms with Gasteiger partial charge in [-0.2, -0.15) is 5.10 Å². The van der Waals surface area contributed by atoms with Crippen LogP contribution in [0.2, 0.25) is 0 Å². The molecule has 5 nitrogen and oxygen atoms in total. The van der Waals surface area contributed by atoms with E-state index in [1.165, 1.54) is 0 Å². The Morgan fingerprint density at radius 1 is 1.22 bits per heavy atom. The molecule has 0 aliphatic carbocycles. The second kappa shape index (κ2) is 10.6. The molecular formula is C13H13Cl3FeN5S. The predicted octanol–water partition coefficient (Wildman–Crippen LogP) is 3.56. The normalized spacial score (nSPS) is 10.7. The minimum atomic E-state index is -1.33. The molecule has 1 heterocycles. The fourth-order valence-electron chi connectivity index (χ4n) is 1.58. The van der Waals surface area contributed by atoms with Crippen LogP contribution >= 0.6 is 42.5 Å². The zero-order valence-corrected chi connectivity index (χ0v) is 15.8. The number of aromatic nitrogens is 1. The van der Waals surface area contributed by atoms with Gasteiger partial charge in [-0.3, -0.25) is 10.4 Å². The van der Waals surface area contributed by atoms with Gasteiger partial charge in [0.05, 0.1) is 11.9 Å². The predicted molar refractivity (Wildman–Crippen MR) is 99.2 cm³/mol. The van der Waals surface area contributed by atoms with Crippen molar-refractivity contribution in [2.75, 3.05) is 5.73 Å². The van der Waals surface area contributed by atoms with E-state index in [0.29, 0.717) is 5.69 Å². The van der Waals surface area contributed by atoms with Gasteiger partial charge >= 0.3 is 41.5 Å². The molecule has 0 saturated carbocycles. The first kappa shape index (κ1) is 20.0. The van der Waals surface area contributed by atoms with Crippen LogP contribution in [0.25, 0.3) is 11.1 Å². The Morgan fingerprint density at radius 3 is 2.48 bits per heavy atom. The summed E-state index contributed by atoms with van der Waals surface area (Å²) in [6, 6.07) is 11.5. The summed E-state index contributed by atoms with van der Waals surface area (Å²) < 4.78 is 0. The molecule has 0 unspecified atom stereocenters. The van der Waals surface area contributed by atoms with E-state index in [4.69, 9.17) is 41.8 Å². The second-order valence-electron chi connectivity index (χ2n) is 3.98. The molecule has 0 saturated heterocycles. The zero-order valence-electron chi connectivity index (χ0n) is 11.6. The van der Waals surface area contributed by atoms with Crippen LogP contribution in [0.15, 0.2) is 47.7 Å². The van der Waals surface area contributed by atoms with Gasteiger partial charge in [-0.1, -0.05) is 12.1 Å². The molecule has 0 radical (unpaired) electrons. The van der Waals surface area contributed by atoms with Crippen molar-refractivity contribution in [1.29, 1.82) is 0 Å². The first-order chi connectivity index (χ1) is 10.9. The van der Waals surface area contributed by atoms with Crippen molar-refractivity contribution in [1.82, 2.24) is 10.4 Å². The van der Waals surface area contributed by atoms with E-state index in [-0.39, 0.29) is 5.11 Å². The minimum absolute atomic E-state index is 0.114. The van der Waals surface area contributed by atoms with Crippen molar-refractivity contribution < 1.29 is 11.2 Å². The summed E-state index contributed by atoms with van der Waals surface area (Å²) in [5, 5.41) is 3.98. The van der Waals surface area contributed by atoms with Gasteiger partial charge in [-0.05, 0) is 47.6 Å². The number of thiocarbonyl (C=S) groups is 1. The third kappa shape index (κ3) is 8.95. The number of benzene rings is 1. The number of pyridine rings is 1. The number of rotatable bonds is 3. The van der Waals surface area contributed by atoms with Crippen molar-refractivity contribution in [2.24, 2.45) is 10.8 Å². The second-order valence-corrected chi connectivity index (χ2v) is 9.89. The van der Waals surface area contributed by atoms with Gasteiger partial charge in [0.2, 0.25) is 0 Å². The maximum atomic E-state index is 5.77. The zero-order chi connectivity index (χ0) is 17.2. The van der Waals surface area contributed by atoms with Gasteiger partial charge in [0.1, 0.15) is 0 Å². The Bertz CT molecular complexity index is 681. The van der Waals surface area contributed by atoms with Gasteiger partial charge in [-0.15, -0.1) is 0 Å². The molecule has 0 spiro atoms. The SMILES string of the molecule is NC(=S)NN=Cc1cc(-c2cccc(N)c2)ccn1.[Cl][Fe]([Cl])[Cl].